The molecule has 0 aliphatic heterocycles. The molecule has 2 aromatic carbocycles. The standard InChI is InChI=1S/C20H20FN3O3S/c1-3-26-16-8-10-17(11-9-16)28-12-18(25)22-13(2)20-23-19(24-27-20)14-4-6-15(21)7-5-14/h4-11,13H,3,12H2,1-2H3,(H,22,25). The summed E-state index contributed by atoms with van der Waals surface area (Å²) in [6.45, 7) is 4.31. The van der Waals surface area contributed by atoms with Gasteiger partial charge in [0.25, 0.3) is 0 Å². The molecule has 28 heavy (non-hydrogen) atoms. The van der Waals surface area contributed by atoms with Crippen molar-refractivity contribution in [3.8, 4) is 17.1 Å². The van der Waals surface area contributed by atoms with Crippen molar-refractivity contribution in [1.29, 1.82) is 0 Å². The highest BCUT2D eigenvalue weighted by Gasteiger charge is 2.17. The van der Waals surface area contributed by atoms with Crippen LogP contribution in [-0.2, 0) is 4.79 Å². The molecule has 6 nitrogen and oxygen atoms in total. The maximum Gasteiger partial charge on any atom is 0.249 e. The summed E-state index contributed by atoms with van der Waals surface area (Å²) in [5, 5.41) is 6.72. The summed E-state index contributed by atoms with van der Waals surface area (Å²) in [7, 11) is 0. The van der Waals surface area contributed by atoms with Crippen molar-refractivity contribution in [2.24, 2.45) is 0 Å². The lowest BCUT2D eigenvalue weighted by Gasteiger charge is -2.09. The van der Waals surface area contributed by atoms with Crippen molar-refractivity contribution in [2.45, 2.75) is 24.8 Å². The Balaban J connectivity index is 1.52. The summed E-state index contributed by atoms with van der Waals surface area (Å²) in [4.78, 5) is 17.4. The van der Waals surface area contributed by atoms with Crippen molar-refractivity contribution in [1.82, 2.24) is 15.5 Å². The van der Waals surface area contributed by atoms with Gasteiger partial charge in [0.15, 0.2) is 0 Å². The highest BCUT2D eigenvalue weighted by atomic mass is 32.2. The quantitative estimate of drug-likeness (QED) is 0.569. The lowest BCUT2D eigenvalue weighted by atomic mass is 10.2. The molecule has 0 aliphatic rings. The minimum Gasteiger partial charge on any atom is -0.494 e. The van der Waals surface area contributed by atoms with Gasteiger partial charge in [-0.15, -0.1) is 11.8 Å². The van der Waals surface area contributed by atoms with Crippen LogP contribution in [0.3, 0.4) is 0 Å². The number of benzene rings is 2. The number of aromatic nitrogens is 2. The second kappa shape index (κ2) is 9.36. The van der Waals surface area contributed by atoms with E-state index in [1.54, 1.807) is 19.1 Å². The molecule has 3 aromatic rings. The third-order valence-corrected chi connectivity index (χ3v) is 4.81. The number of nitrogens with zero attached hydrogens (tertiary/aromatic N) is 2. The minimum absolute atomic E-state index is 0.145. The van der Waals surface area contributed by atoms with Crippen LogP contribution in [0, 0.1) is 5.82 Å². The molecule has 1 atom stereocenters. The molecule has 0 bridgehead atoms. The van der Waals surface area contributed by atoms with E-state index in [2.05, 4.69) is 15.5 Å². The summed E-state index contributed by atoms with van der Waals surface area (Å²) in [6, 6.07) is 12.9. The zero-order chi connectivity index (χ0) is 19.9. The average Bonchev–Trinajstić information content (AvgIpc) is 3.19. The SMILES string of the molecule is CCOc1ccc(SCC(=O)NC(C)c2nc(-c3ccc(F)cc3)no2)cc1. The van der Waals surface area contributed by atoms with Gasteiger partial charge in [-0.2, -0.15) is 4.98 Å². The largest absolute Gasteiger partial charge is 0.494 e. The molecule has 3 rings (SSSR count). The number of hydrogen-bond donors (Lipinski definition) is 1. The van der Waals surface area contributed by atoms with Crippen LogP contribution in [0.5, 0.6) is 5.75 Å². The first-order valence-electron chi connectivity index (χ1n) is 8.79. The lowest BCUT2D eigenvalue weighted by molar-refractivity contribution is -0.119. The van der Waals surface area contributed by atoms with Crippen molar-refractivity contribution < 1.29 is 18.4 Å². The van der Waals surface area contributed by atoms with Crippen LogP contribution < -0.4 is 10.1 Å². The Bertz CT molecular complexity index is 913. The number of hydrogen-bond acceptors (Lipinski definition) is 6. The maximum absolute atomic E-state index is 13.0. The van der Waals surface area contributed by atoms with Gasteiger partial charge in [-0.25, -0.2) is 4.39 Å². The van der Waals surface area contributed by atoms with E-state index in [0.717, 1.165) is 10.6 Å². The van der Waals surface area contributed by atoms with Gasteiger partial charge in [0, 0.05) is 10.5 Å². The normalized spacial score (nSPS) is 11.8. The van der Waals surface area contributed by atoms with Crippen molar-refractivity contribution in [3.05, 3.63) is 60.2 Å². The van der Waals surface area contributed by atoms with Crippen LogP contribution in [-0.4, -0.2) is 28.4 Å². The zero-order valence-corrected chi connectivity index (χ0v) is 16.3. The Morgan fingerprint density at radius 3 is 2.61 bits per heavy atom. The first-order valence-corrected chi connectivity index (χ1v) is 9.78. The fraction of sp³-hybridized carbons (Fsp3) is 0.250. The third-order valence-electron chi connectivity index (χ3n) is 3.80. The summed E-state index contributed by atoms with van der Waals surface area (Å²) in [6.07, 6.45) is 0. The lowest BCUT2D eigenvalue weighted by Crippen LogP contribution is -2.28. The molecule has 1 heterocycles. The van der Waals surface area contributed by atoms with Gasteiger partial charge in [-0.1, -0.05) is 5.16 Å². The first-order chi connectivity index (χ1) is 13.5. The molecule has 0 fully saturated rings. The Morgan fingerprint density at radius 2 is 1.93 bits per heavy atom. The summed E-state index contributed by atoms with van der Waals surface area (Å²) < 4.78 is 23.6. The van der Waals surface area contributed by atoms with Gasteiger partial charge in [0.2, 0.25) is 17.6 Å². The van der Waals surface area contributed by atoms with E-state index in [4.69, 9.17) is 9.26 Å². The summed E-state index contributed by atoms with van der Waals surface area (Å²) >= 11 is 1.43. The topological polar surface area (TPSA) is 77.2 Å². The number of amides is 1. The first kappa shape index (κ1) is 19.9. The van der Waals surface area contributed by atoms with E-state index in [9.17, 15) is 9.18 Å². The van der Waals surface area contributed by atoms with E-state index in [-0.39, 0.29) is 17.5 Å². The molecule has 0 radical (unpaired) electrons. The Morgan fingerprint density at radius 1 is 1.21 bits per heavy atom. The maximum atomic E-state index is 13.0. The minimum atomic E-state index is -0.435. The average molecular weight is 401 g/mol. The molecule has 0 spiro atoms. The molecule has 1 unspecified atom stereocenters. The Labute approximate surface area is 166 Å². The molecule has 1 N–H and O–H groups in total. The predicted molar refractivity (Wildman–Crippen MR) is 105 cm³/mol. The van der Waals surface area contributed by atoms with E-state index < -0.39 is 6.04 Å². The van der Waals surface area contributed by atoms with Crippen molar-refractivity contribution in [2.75, 3.05) is 12.4 Å². The summed E-state index contributed by atoms with van der Waals surface area (Å²) in [5.74, 6) is 1.22. The molecule has 1 amide bonds. The monoisotopic (exact) mass is 401 g/mol. The Kier molecular flexibility index (Phi) is 6.65. The highest BCUT2D eigenvalue weighted by molar-refractivity contribution is 8.00. The molecule has 146 valence electrons. The van der Waals surface area contributed by atoms with Crippen LogP contribution in [0.4, 0.5) is 4.39 Å². The molecular formula is C20H20FN3O3S. The molecule has 0 saturated heterocycles. The van der Waals surface area contributed by atoms with E-state index in [0.29, 0.717) is 23.9 Å². The van der Waals surface area contributed by atoms with Crippen LogP contribution in [0.2, 0.25) is 0 Å². The number of carbonyl (C=O) groups excluding carboxylic acids is 1. The van der Waals surface area contributed by atoms with Gasteiger partial charge in [0.1, 0.15) is 17.6 Å². The van der Waals surface area contributed by atoms with Gasteiger partial charge in [0.05, 0.1) is 12.4 Å². The van der Waals surface area contributed by atoms with E-state index >= 15 is 0 Å². The van der Waals surface area contributed by atoms with Crippen LogP contribution in [0.25, 0.3) is 11.4 Å². The van der Waals surface area contributed by atoms with Gasteiger partial charge >= 0.3 is 0 Å². The predicted octanol–water partition coefficient (Wildman–Crippen LogP) is 4.24. The molecule has 8 heteroatoms. The van der Waals surface area contributed by atoms with Gasteiger partial charge in [-0.05, 0) is 62.4 Å². The molecule has 0 aliphatic carbocycles. The van der Waals surface area contributed by atoms with Gasteiger partial charge in [-0.3, -0.25) is 4.79 Å². The number of ether oxygens (including phenoxy) is 1. The van der Waals surface area contributed by atoms with E-state index in [1.807, 2.05) is 31.2 Å². The van der Waals surface area contributed by atoms with Crippen molar-refractivity contribution >= 4 is 17.7 Å². The highest BCUT2D eigenvalue weighted by Crippen LogP contribution is 2.22. The molecule has 1 aromatic heterocycles. The van der Waals surface area contributed by atoms with Crippen LogP contribution in [0.15, 0.2) is 57.9 Å². The number of rotatable bonds is 8. The van der Waals surface area contributed by atoms with Crippen LogP contribution >= 0.6 is 11.8 Å². The van der Waals surface area contributed by atoms with E-state index in [1.165, 1.54) is 23.9 Å². The zero-order valence-electron chi connectivity index (χ0n) is 15.5. The number of carbonyl (C=O) groups is 1. The smallest absolute Gasteiger partial charge is 0.249 e. The number of nitrogens with one attached hydrogen (secondary N) is 1. The third kappa shape index (κ3) is 5.32. The fourth-order valence-electron chi connectivity index (χ4n) is 2.42. The fourth-order valence-corrected chi connectivity index (χ4v) is 3.13. The number of thioether (sulfide) groups is 1. The van der Waals surface area contributed by atoms with Crippen LogP contribution in [0.1, 0.15) is 25.8 Å². The van der Waals surface area contributed by atoms with Crippen molar-refractivity contribution in [3.63, 3.8) is 0 Å². The summed E-state index contributed by atoms with van der Waals surface area (Å²) in [5.41, 5.74) is 0.640. The molecular weight excluding hydrogens is 381 g/mol. The second-order valence-corrected chi connectivity index (χ2v) is 6.99. The molecule has 0 saturated carbocycles. The number of halogens is 1. The Hall–Kier alpha value is -2.87. The van der Waals surface area contributed by atoms with Gasteiger partial charge < -0.3 is 14.6 Å². The second-order valence-electron chi connectivity index (χ2n) is 5.95.